The van der Waals surface area contributed by atoms with E-state index in [1.165, 1.54) is 11.3 Å². The van der Waals surface area contributed by atoms with Gasteiger partial charge >= 0.3 is 0 Å². The van der Waals surface area contributed by atoms with E-state index in [4.69, 9.17) is 9.26 Å². The van der Waals surface area contributed by atoms with Crippen molar-refractivity contribution in [1.29, 1.82) is 0 Å². The fourth-order valence-corrected chi connectivity index (χ4v) is 3.24. The van der Waals surface area contributed by atoms with Crippen molar-refractivity contribution >= 4 is 22.9 Å². The minimum Gasteiger partial charge on any atom is -0.493 e. The van der Waals surface area contributed by atoms with Gasteiger partial charge in [0.05, 0.1) is 22.7 Å². The number of aromatic nitrogens is 2. The summed E-state index contributed by atoms with van der Waals surface area (Å²) in [5.74, 6) is 1.50. The number of para-hydroxylation sites is 1. The molecule has 25 heavy (non-hydrogen) atoms. The topological polar surface area (TPSA) is 77.2 Å². The van der Waals surface area contributed by atoms with Crippen molar-refractivity contribution in [2.45, 2.75) is 27.2 Å². The number of benzene rings is 1. The zero-order valence-electron chi connectivity index (χ0n) is 14.3. The highest BCUT2D eigenvalue weighted by Gasteiger charge is 2.17. The molecule has 6 nitrogen and oxygen atoms in total. The third-order valence-corrected chi connectivity index (χ3v) is 4.63. The van der Waals surface area contributed by atoms with E-state index in [1.54, 1.807) is 12.1 Å². The second kappa shape index (κ2) is 7.48. The maximum Gasteiger partial charge on any atom is 0.259 e. The van der Waals surface area contributed by atoms with Gasteiger partial charge in [-0.15, -0.1) is 11.3 Å². The molecular weight excluding hydrogens is 338 g/mol. The van der Waals surface area contributed by atoms with Crippen LogP contribution in [0.25, 0.3) is 10.7 Å². The van der Waals surface area contributed by atoms with Crippen LogP contribution in [-0.2, 0) is 6.42 Å². The molecule has 130 valence electrons. The summed E-state index contributed by atoms with van der Waals surface area (Å²) in [6.07, 6.45) is 0.690. The Kier molecular flexibility index (Phi) is 5.14. The molecule has 3 rings (SSSR count). The summed E-state index contributed by atoms with van der Waals surface area (Å²) in [6.45, 7) is 6.29. The first-order valence-corrected chi connectivity index (χ1v) is 8.90. The van der Waals surface area contributed by atoms with E-state index in [0.29, 0.717) is 36.1 Å². The molecule has 0 aliphatic heterocycles. The molecule has 0 atom stereocenters. The van der Waals surface area contributed by atoms with E-state index in [1.807, 2.05) is 39.0 Å². The first-order valence-electron chi connectivity index (χ1n) is 8.09. The van der Waals surface area contributed by atoms with Gasteiger partial charge in [0.25, 0.3) is 5.91 Å². The molecule has 1 amide bonds. The molecule has 0 aliphatic rings. The Morgan fingerprint density at radius 1 is 1.32 bits per heavy atom. The predicted octanol–water partition coefficient (Wildman–Crippen LogP) is 4.32. The lowest BCUT2D eigenvalue weighted by molar-refractivity contribution is 0.102. The second-order valence-corrected chi connectivity index (χ2v) is 6.59. The molecule has 0 bridgehead atoms. The molecule has 1 N–H and O–H groups in total. The molecule has 0 saturated carbocycles. The highest BCUT2D eigenvalue weighted by Crippen LogP contribution is 2.33. The van der Waals surface area contributed by atoms with Crippen molar-refractivity contribution < 1.29 is 14.1 Å². The third kappa shape index (κ3) is 3.71. The van der Waals surface area contributed by atoms with Gasteiger partial charge in [0.15, 0.2) is 0 Å². The van der Waals surface area contributed by atoms with E-state index in [9.17, 15) is 4.79 Å². The van der Waals surface area contributed by atoms with Gasteiger partial charge in [-0.1, -0.05) is 24.2 Å². The average Bonchev–Trinajstić information content (AvgIpc) is 3.23. The number of thiophene rings is 1. The van der Waals surface area contributed by atoms with Crippen molar-refractivity contribution in [3.05, 3.63) is 46.7 Å². The minimum atomic E-state index is -0.209. The van der Waals surface area contributed by atoms with Crippen LogP contribution in [0.2, 0.25) is 0 Å². The SMILES string of the molecule is CCOc1ccccc1C(=O)Nc1cc(-c2noc(CC)n2)sc1C. The number of carbonyl (C=O) groups is 1. The van der Waals surface area contributed by atoms with Crippen LogP contribution < -0.4 is 10.1 Å². The van der Waals surface area contributed by atoms with E-state index < -0.39 is 0 Å². The van der Waals surface area contributed by atoms with Gasteiger partial charge < -0.3 is 14.6 Å². The summed E-state index contributed by atoms with van der Waals surface area (Å²) in [5.41, 5.74) is 1.24. The fraction of sp³-hybridized carbons (Fsp3) is 0.278. The molecule has 3 aromatic rings. The van der Waals surface area contributed by atoms with Crippen molar-refractivity contribution in [1.82, 2.24) is 10.1 Å². The average molecular weight is 357 g/mol. The Morgan fingerprint density at radius 3 is 2.84 bits per heavy atom. The van der Waals surface area contributed by atoms with E-state index in [2.05, 4.69) is 15.5 Å². The summed E-state index contributed by atoms with van der Waals surface area (Å²) >= 11 is 1.51. The summed E-state index contributed by atoms with van der Waals surface area (Å²) in [4.78, 5) is 18.8. The molecule has 0 spiro atoms. The monoisotopic (exact) mass is 357 g/mol. The standard InChI is InChI=1S/C18H19N3O3S/c1-4-16-20-17(21-24-16)15-10-13(11(3)25-15)19-18(22)12-8-6-7-9-14(12)23-5-2/h6-10H,4-5H2,1-3H3,(H,19,22). The normalized spacial score (nSPS) is 10.7. The van der Waals surface area contributed by atoms with Gasteiger partial charge in [0, 0.05) is 11.3 Å². The summed E-state index contributed by atoms with van der Waals surface area (Å²) < 4.78 is 10.7. The molecule has 0 aliphatic carbocycles. The van der Waals surface area contributed by atoms with Crippen LogP contribution in [-0.4, -0.2) is 22.7 Å². The largest absolute Gasteiger partial charge is 0.493 e. The van der Waals surface area contributed by atoms with Crippen molar-refractivity contribution in [2.75, 3.05) is 11.9 Å². The number of ether oxygens (including phenoxy) is 1. The number of aryl methyl sites for hydroxylation is 2. The van der Waals surface area contributed by atoms with E-state index >= 15 is 0 Å². The number of nitrogens with one attached hydrogen (secondary N) is 1. The third-order valence-electron chi connectivity index (χ3n) is 3.59. The highest BCUT2D eigenvalue weighted by molar-refractivity contribution is 7.16. The number of nitrogens with zero attached hydrogens (tertiary/aromatic N) is 2. The van der Waals surface area contributed by atoms with Gasteiger partial charge in [-0.2, -0.15) is 4.98 Å². The lowest BCUT2D eigenvalue weighted by atomic mass is 10.2. The van der Waals surface area contributed by atoms with Gasteiger partial charge in [-0.25, -0.2) is 0 Å². The molecule has 7 heteroatoms. The predicted molar refractivity (Wildman–Crippen MR) is 97.3 cm³/mol. The van der Waals surface area contributed by atoms with E-state index in [-0.39, 0.29) is 5.91 Å². The molecule has 0 radical (unpaired) electrons. The molecule has 1 aromatic carbocycles. The fourth-order valence-electron chi connectivity index (χ4n) is 2.34. The van der Waals surface area contributed by atoms with Crippen LogP contribution in [0.15, 0.2) is 34.9 Å². The van der Waals surface area contributed by atoms with Crippen LogP contribution in [0.5, 0.6) is 5.75 Å². The molecule has 2 aromatic heterocycles. The number of hydrogen-bond acceptors (Lipinski definition) is 6. The first kappa shape index (κ1) is 17.2. The summed E-state index contributed by atoms with van der Waals surface area (Å²) in [6, 6.07) is 9.06. The molecular formula is C18H19N3O3S. The number of anilines is 1. The Hall–Kier alpha value is -2.67. The van der Waals surface area contributed by atoms with Crippen LogP contribution in [0.4, 0.5) is 5.69 Å². The molecule has 2 heterocycles. The smallest absolute Gasteiger partial charge is 0.259 e. The number of rotatable bonds is 6. The number of hydrogen-bond donors (Lipinski definition) is 1. The highest BCUT2D eigenvalue weighted by atomic mass is 32.1. The van der Waals surface area contributed by atoms with Crippen LogP contribution in [0.1, 0.15) is 35.0 Å². The first-order chi connectivity index (χ1) is 12.1. The van der Waals surface area contributed by atoms with Crippen molar-refractivity contribution in [2.24, 2.45) is 0 Å². The van der Waals surface area contributed by atoms with Gasteiger partial charge in [-0.3, -0.25) is 4.79 Å². The molecule has 0 unspecified atom stereocenters. The Bertz CT molecular complexity index is 885. The minimum absolute atomic E-state index is 0.209. The van der Waals surface area contributed by atoms with Crippen LogP contribution >= 0.6 is 11.3 Å². The lowest BCUT2D eigenvalue weighted by Crippen LogP contribution is -2.13. The maximum atomic E-state index is 12.6. The number of carbonyl (C=O) groups excluding carboxylic acids is 1. The van der Waals surface area contributed by atoms with Crippen molar-refractivity contribution in [3.63, 3.8) is 0 Å². The summed E-state index contributed by atoms with van der Waals surface area (Å²) in [7, 11) is 0. The van der Waals surface area contributed by atoms with E-state index in [0.717, 1.165) is 15.4 Å². The maximum absolute atomic E-state index is 12.6. The van der Waals surface area contributed by atoms with Gasteiger partial charge in [-0.05, 0) is 32.0 Å². The van der Waals surface area contributed by atoms with Gasteiger partial charge in [0.2, 0.25) is 11.7 Å². The van der Waals surface area contributed by atoms with Crippen LogP contribution in [0, 0.1) is 6.92 Å². The van der Waals surface area contributed by atoms with Crippen molar-refractivity contribution in [3.8, 4) is 16.5 Å². The lowest BCUT2D eigenvalue weighted by Gasteiger charge is -2.10. The Morgan fingerprint density at radius 2 is 2.12 bits per heavy atom. The Balaban J connectivity index is 1.82. The Labute approximate surface area is 149 Å². The zero-order chi connectivity index (χ0) is 17.8. The molecule has 0 saturated heterocycles. The quantitative estimate of drug-likeness (QED) is 0.711. The van der Waals surface area contributed by atoms with Crippen LogP contribution in [0.3, 0.4) is 0 Å². The van der Waals surface area contributed by atoms with Gasteiger partial charge in [0.1, 0.15) is 5.75 Å². The second-order valence-electron chi connectivity index (χ2n) is 5.33. The number of amides is 1. The summed E-state index contributed by atoms with van der Waals surface area (Å²) in [5, 5.41) is 6.92. The molecule has 0 fully saturated rings. The zero-order valence-corrected chi connectivity index (χ0v) is 15.1.